The number of anilines is 1. The predicted molar refractivity (Wildman–Crippen MR) is 67.7 cm³/mol. The Balaban J connectivity index is 3.14. The lowest BCUT2D eigenvalue weighted by Gasteiger charge is -2.20. The van der Waals surface area contributed by atoms with Gasteiger partial charge in [-0.1, -0.05) is 23.2 Å². The summed E-state index contributed by atoms with van der Waals surface area (Å²) in [4.78, 5) is 1.86. The van der Waals surface area contributed by atoms with Gasteiger partial charge in [0.05, 0.1) is 10.7 Å². The van der Waals surface area contributed by atoms with E-state index in [9.17, 15) is 0 Å². The largest absolute Gasteiger partial charge is 0.323 e. The topological polar surface area (TPSA) is 27.0 Å². The van der Waals surface area contributed by atoms with E-state index in [0.29, 0.717) is 22.3 Å². The second-order valence-corrected chi connectivity index (χ2v) is 3.99. The van der Waals surface area contributed by atoms with Gasteiger partial charge in [0.15, 0.2) is 4.99 Å². The minimum atomic E-state index is 0.196. The molecular weight excluding hydrogens is 251 g/mol. The summed E-state index contributed by atoms with van der Waals surface area (Å²) in [5, 5.41) is 9.79. The van der Waals surface area contributed by atoms with Crippen LogP contribution >= 0.6 is 35.4 Å². The van der Waals surface area contributed by atoms with Gasteiger partial charge in [-0.25, -0.2) is 0 Å². The molecule has 0 aliphatic carbocycles. The molecule has 0 saturated carbocycles. The molecule has 0 fully saturated rings. The van der Waals surface area contributed by atoms with Gasteiger partial charge in [0.1, 0.15) is 6.07 Å². The molecule has 15 heavy (non-hydrogen) atoms. The SMILES string of the molecule is CCN(C(=S)C#N)c1ccc(Cl)cc1Cl. The smallest absolute Gasteiger partial charge is 0.185 e. The van der Waals surface area contributed by atoms with Crippen molar-refractivity contribution in [3.05, 3.63) is 28.2 Å². The van der Waals surface area contributed by atoms with Crippen LogP contribution in [0.25, 0.3) is 0 Å². The molecule has 0 unspecified atom stereocenters. The summed E-state index contributed by atoms with van der Waals surface area (Å²) < 4.78 is 0. The lowest BCUT2D eigenvalue weighted by Crippen LogP contribution is -2.27. The summed E-state index contributed by atoms with van der Waals surface area (Å²) in [6.45, 7) is 2.49. The number of thiocarbonyl (C=S) groups is 1. The molecule has 2 nitrogen and oxygen atoms in total. The zero-order valence-electron chi connectivity index (χ0n) is 8.00. The molecule has 0 heterocycles. The van der Waals surface area contributed by atoms with Gasteiger partial charge in [0.25, 0.3) is 0 Å². The van der Waals surface area contributed by atoms with Crippen molar-refractivity contribution in [2.45, 2.75) is 6.92 Å². The van der Waals surface area contributed by atoms with Crippen molar-refractivity contribution in [3.63, 3.8) is 0 Å². The lowest BCUT2D eigenvalue weighted by molar-refractivity contribution is 1.07. The number of rotatable bonds is 2. The Morgan fingerprint density at radius 1 is 1.53 bits per heavy atom. The van der Waals surface area contributed by atoms with Crippen LogP contribution in [0.4, 0.5) is 5.69 Å². The Bertz CT molecular complexity index is 426. The summed E-state index contributed by atoms with van der Waals surface area (Å²) in [5.41, 5.74) is 0.704. The second-order valence-electron chi connectivity index (χ2n) is 2.76. The molecule has 0 saturated heterocycles. The summed E-state index contributed by atoms with van der Waals surface area (Å²) in [6.07, 6.45) is 0. The van der Waals surface area contributed by atoms with Gasteiger partial charge in [-0.2, -0.15) is 5.26 Å². The second kappa shape index (κ2) is 5.32. The highest BCUT2D eigenvalue weighted by molar-refractivity contribution is 7.81. The molecule has 0 aliphatic rings. The average molecular weight is 259 g/mol. The predicted octanol–water partition coefficient (Wildman–Crippen LogP) is 3.67. The summed E-state index contributed by atoms with van der Waals surface area (Å²) >= 11 is 16.7. The maximum Gasteiger partial charge on any atom is 0.185 e. The van der Waals surface area contributed by atoms with Crippen LogP contribution in [0.5, 0.6) is 0 Å². The van der Waals surface area contributed by atoms with E-state index >= 15 is 0 Å². The monoisotopic (exact) mass is 258 g/mol. The van der Waals surface area contributed by atoms with Gasteiger partial charge in [0, 0.05) is 11.6 Å². The fourth-order valence-corrected chi connectivity index (χ4v) is 1.92. The molecule has 0 aromatic heterocycles. The molecule has 0 bridgehead atoms. The molecule has 0 radical (unpaired) electrons. The van der Waals surface area contributed by atoms with Crippen molar-refractivity contribution in [2.24, 2.45) is 0 Å². The van der Waals surface area contributed by atoms with Gasteiger partial charge < -0.3 is 4.90 Å². The Kier molecular flexibility index (Phi) is 4.34. The van der Waals surface area contributed by atoms with Crippen molar-refractivity contribution in [1.29, 1.82) is 5.26 Å². The van der Waals surface area contributed by atoms with E-state index in [1.807, 2.05) is 13.0 Å². The first kappa shape index (κ1) is 12.3. The number of nitrogens with zero attached hydrogens (tertiary/aromatic N) is 2. The Hall–Kier alpha value is -0.820. The number of nitriles is 1. The van der Waals surface area contributed by atoms with Crippen LogP contribution in [-0.2, 0) is 0 Å². The van der Waals surface area contributed by atoms with Crippen LogP contribution in [0.3, 0.4) is 0 Å². The Labute approximate surface area is 104 Å². The van der Waals surface area contributed by atoms with Gasteiger partial charge >= 0.3 is 0 Å². The molecule has 0 atom stereocenters. The van der Waals surface area contributed by atoms with Gasteiger partial charge in [-0.05, 0) is 37.3 Å². The van der Waals surface area contributed by atoms with E-state index in [-0.39, 0.29) is 4.99 Å². The maximum absolute atomic E-state index is 8.74. The van der Waals surface area contributed by atoms with Crippen molar-refractivity contribution in [2.75, 3.05) is 11.4 Å². The highest BCUT2D eigenvalue weighted by Crippen LogP contribution is 2.28. The first-order chi connectivity index (χ1) is 7.10. The van der Waals surface area contributed by atoms with Crippen LogP contribution in [0.1, 0.15) is 6.92 Å². The minimum absolute atomic E-state index is 0.196. The summed E-state index contributed by atoms with van der Waals surface area (Å²) in [7, 11) is 0. The first-order valence-corrected chi connectivity index (χ1v) is 5.43. The Morgan fingerprint density at radius 2 is 2.20 bits per heavy atom. The maximum atomic E-state index is 8.74. The molecule has 0 aliphatic heterocycles. The third kappa shape index (κ3) is 2.82. The molecule has 78 valence electrons. The van der Waals surface area contributed by atoms with Crippen LogP contribution in [-0.4, -0.2) is 11.5 Å². The average Bonchev–Trinajstić information content (AvgIpc) is 2.21. The number of halogens is 2. The van der Waals surface area contributed by atoms with Crippen molar-refractivity contribution < 1.29 is 0 Å². The Morgan fingerprint density at radius 3 is 2.67 bits per heavy atom. The van der Waals surface area contributed by atoms with E-state index in [1.165, 1.54) is 0 Å². The third-order valence-corrected chi connectivity index (χ3v) is 2.71. The quantitative estimate of drug-likeness (QED) is 0.758. The van der Waals surface area contributed by atoms with Crippen LogP contribution in [0, 0.1) is 11.3 Å². The first-order valence-electron chi connectivity index (χ1n) is 4.26. The molecule has 1 aromatic carbocycles. The van der Waals surface area contributed by atoms with E-state index in [4.69, 9.17) is 40.7 Å². The van der Waals surface area contributed by atoms with E-state index in [0.717, 1.165) is 0 Å². The molecule has 0 spiro atoms. The number of hydrogen-bond donors (Lipinski definition) is 0. The zero-order chi connectivity index (χ0) is 11.4. The van der Waals surface area contributed by atoms with E-state index in [2.05, 4.69) is 0 Å². The highest BCUT2D eigenvalue weighted by atomic mass is 35.5. The lowest BCUT2D eigenvalue weighted by atomic mass is 10.3. The summed E-state index contributed by atoms with van der Waals surface area (Å²) in [6, 6.07) is 7.01. The fourth-order valence-electron chi connectivity index (χ4n) is 1.18. The molecule has 5 heteroatoms. The molecule has 0 amide bonds. The van der Waals surface area contributed by atoms with Crippen molar-refractivity contribution in [3.8, 4) is 6.07 Å². The van der Waals surface area contributed by atoms with Crippen molar-refractivity contribution in [1.82, 2.24) is 0 Å². The third-order valence-electron chi connectivity index (χ3n) is 1.86. The molecular formula is C10H8Cl2N2S. The molecule has 1 aromatic rings. The van der Waals surface area contributed by atoms with Crippen molar-refractivity contribution >= 4 is 46.1 Å². The number of hydrogen-bond acceptors (Lipinski definition) is 2. The van der Waals surface area contributed by atoms with Crippen LogP contribution in [0.15, 0.2) is 18.2 Å². The fraction of sp³-hybridized carbons (Fsp3) is 0.200. The van der Waals surface area contributed by atoms with E-state index < -0.39 is 0 Å². The highest BCUT2D eigenvalue weighted by Gasteiger charge is 2.12. The zero-order valence-corrected chi connectivity index (χ0v) is 10.3. The summed E-state index contributed by atoms with van der Waals surface area (Å²) in [5.74, 6) is 0. The molecule has 1 rings (SSSR count). The van der Waals surface area contributed by atoms with Gasteiger partial charge in [-0.3, -0.25) is 0 Å². The van der Waals surface area contributed by atoms with Crippen LogP contribution < -0.4 is 4.90 Å². The molecule has 0 N–H and O–H groups in total. The normalized spacial score (nSPS) is 9.47. The van der Waals surface area contributed by atoms with Crippen LogP contribution in [0.2, 0.25) is 10.0 Å². The minimum Gasteiger partial charge on any atom is -0.323 e. The van der Waals surface area contributed by atoms with Gasteiger partial charge in [0.2, 0.25) is 0 Å². The standard InChI is InChI=1S/C10H8Cl2N2S/c1-2-14(10(15)6-13)9-4-3-7(11)5-8(9)12/h3-5H,2H2,1H3. The van der Waals surface area contributed by atoms with E-state index in [1.54, 1.807) is 23.1 Å². The van der Waals surface area contributed by atoms with Gasteiger partial charge in [-0.15, -0.1) is 0 Å². The number of benzene rings is 1.